The number of pyridine rings is 1. The van der Waals surface area contributed by atoms with Crippen LogP contribution in [0.5, 0.6) is 0 Å². The molecular formula is C18H22N4O2. The van der Waals surface area contributed by atoms with E-state index in [1.165, 1.54) is 4.57 Å². The van der Waals surface area contributed by atoms with Crippen molar-refractivity contribution in [1.29, 1.82) is 0 Å². The number of amides is 1. The molecule has 0 aliphatic carbocycles. The first-order valence-corrected chi connectivity index (χ1v) is 8.21. The van der Waals surface area contributed by atoms with E-state index in [1.807, 2.05) is 19.9 Å². The Kier molecular flexibility index (Phi) is 4.46. The molecule has 1 saturated heterocycles. The molecule has 0 aromatic carbocycles. The standard InChI is InChI=1S/C18H22N4O2/c1-12-9-13(2)21(3)17(23)16(12)18(24)22-8-4-5-14(11-22)15-10-19-6-7-20-15/h6-7,9-10,14H,4-5,8,11H2,1-3H3/t14-/m1/s1. The summed E-state index contributed by atoms with van der Waals surface area (Å²) in [6, 6.07) is 1.89. The average molecular weight is 326 g/mol. The van der Waals surface area contributed by atoms with E-state index < -0.39 is 0 Å². The van der Waals surface area contributed by atoms with E-state index >= 15 is 0 Å². The molecule has 6 heteroatoms. The molecule has 1 aliphatic rings. The van der Waals surface area contributed by atoms with Gasteiger partial charge in [0.1, 0.15) is 5.56 Å². The lowest BCUT2D eigenvalue weighted by Crippen LogP contribution is -2.42. The molecule has 24 heavy (non-hydrogen) atoms. The lowest BCUT2D eigenvalue weighted by Gasteiger charge is -2.32. The van der Waals surface area contributed by atoms with E-state index in [2.05, 4.69) is 9.97 Å². The summed E-state index contributed by atoms with van der Waals surface area (Å²) >= 11 is 0. The Morgan fingerprint density at radius 2 is 2.08 bits per heavy atom. The number of carbonyl (C=O) groups excluding carboxylic acids is 1. The van der Waals surface area contributed by atoms with Crippen molar-refractivity contribution in [3.8, 4) is 0 Å². The number of aryl methyl sites for hydroxylation is 2. The van der Waals surface area contributed by atoms with Crippen molar-refractivity contribution in [3.63, 3.8) is 0 Å². The molecule has 0 unspecified atom stereocenters. The van der Waals surface area contributed by atoms with Crippen molar-refractivity contribution in [3.05, 3.63) is 57.5 Å². The van der Waals surface area contributed by atoms with Gasteiger partial charge in [0.2, 0.25) is 0 Å². The Bertz CT molecular complexity index is 814. The van der Waals surface area contributed by atoms with Gasteiger partial charge in [-0.25, -0.2) is 0 Å². The number of rotatable bonds is 2. The summed E-state index contributed by atoms with van der Waals surface area (Å²) in [4.78, 5) is 35.8. The molecule has 0 radical (unpaired) electrons. The van der Waals surface area contributed by atoms with Crippen molar-refractivity contribution >= 4 is 5.91 Å². The topological polar surface area (TPSA) is 68.1 Å². The fourth-order valence-corrected chi connectivity index (χ4v) is 3.32. The molecule has 0 bridgehead atoms. The van der Waals surface area contributed by atoms with Crippen LogP contribution in [0.1, 0.15) is 46.1 Å². The molecule has 6 nitrogen and oxygen atoms in total. The monoisotopic (exact) mass is 326 g/mol. The Morgan fingerprint density at radius 1 is 1.29 bits per heavy atom. The number of likely N-dealkylation sites (tertiary alicyclic amines) is 1. The van der Waals surface area contributed by atoms with E-state index in [-0.39, 0.29) is 22.9 Å². The minimum Gasteiger partial charge on any atom is -0.338 e. The first kappa shape index (κ1) is 16.4. The Morgan fingerprint density at radius 3 is 2.79 bits per heavy atom. The van der Waals surface area contributed by atoms with Crippen LogP contribution in [-0.2, 0) is 7.05 Å². The average Bonchev–Trinajstić information content (AvgIpc) is 2.60. The van der Waals surface area contributed by atoms with Crippen LogP contribution < -0.4 is 5.56 Å². The van der Waals surface area contributed by atoms with Gasteiger partial charge >= 0.3 is 0 Å². The highest BCUT2D eigenvalue weighted by molar-refractivity contribution is 5.95. The van der Waals surface area contributed by atoms with E-state index in [0.29, 0.717) is 13.1 Å². The number of hydrogen-bond donors (Lipinski definition) is 0. The SMILES string of the molecule is Cc1cc(C)n(C)c(=O)c1C(=O)N1CCC[C@@H](c2cnccn2)C1. The quantitative estimate of drug-likeness (QED) is 0.844. The molecule has 2 aromatic heterocycles. The molecule has 1 fully saturated rings. The summed E-state index contributed by atoms with van der Waals surface area (Å²) in [6.07, 6.45) is 6.96. The lowest BCUT2D eigenvalue weighted by molar-refractivity contribution is 0.0702. The van der Waals surface area contributed by atoms with Crippen LogP contribution in [0.3, 0.4) is 0 Å². The largest absolute Gasteiger partial charge is 0.338 e. The normalized spacial score (nSPS) is 17.8. The van der Waals surface area contributed by atoms with Crippen molar-refractivity contribution in [2.75, 3.05) is 13.1 Å². The predicted octanol–water partition coefficient (Wildman–Crippen LogP) is 1.81. The Hall–Kier alpha value is -2.50. The molecule has 3 heterocycles. The van der Waals surface area contributed by atoms with Gasteiger partial charge in [0, 0.05) is 50.3 Å². The van der Waals surface area contributed by atoms with E-state index in [4.69, 9.17) is 0 Å². The van der Waals surface area contributed by atoms with Crippen molar-refractivity contribution in [2.24, 2.45) is 7.05 Å². The third-order valence-corrected chi connectivity index (χ3v) is 4.79. The number of hydrogen-bond acceptors (Lipinski definition) is 4. The third kappa shape index (κ3) is 2.96. The molecule has 0 N–H and O–H groups in total. The number of aromatic nitrogens is 3. The summed E-state index contributed by atoms with van der Waals surface area (Å²) in [5.74, 6) is -0.00676. The predicted molar refractivity (Wildman–Crippen MR) is 91.1 cm³/mol. The zero-order chi connectivity index (χ0) is 17.3. The van der Waals surface area contributed by atoms with Crippen LogP contribution in [0.25, 0.3) is 0 Å². The van der Waals surface area contributed by atoms with Gasteiger partial charge in [0.25, 0.3) is 11.5 Å². The Labute approximate surface area is 141 Å². The van der Waals surface area contributed by atoms with Crippen molar-refractivity contribution in [1.82, 2.24) is 19.4 Å². The van der Waals surface area contributed by atoms with Crippen LogP contribution in [0.2, 0.25) is 0 Å². The molecule has 1 atom stereocenters. The van der Waals surface area contributed by atoms with Crippen molar-refractivity contribution < 1.29 is 4.79 Å². The Balaban J connectivity index is 1.88. The molecule has 1 amide bonds. The van der Waals surface area contributed by atoms with E-state index in [9.17, 15) is 9.59 Å². The fourth-order valence-electron chi connectivity index (χ4n) is 3.32. The maximum absolute atomic E-state index is 13.0. The van der Waals surface area contributed by atoms with Gasteiger partial charge in [0.15, 0.2) is 0 Å². The molecule has 0 spiro atoms. The van der Waals surface area contributed by atoms with Crippen molar-refractivity contribution in [2.45, 2.75) is 32.6 Å². The van der Waals surface area contributed by atoms with Gasteiger partial charge in [-0.05, 0) is 38.3 Å². The molecule has 126 valence electrons. The van der Waals surface area contributed by atoms with Gasteiger partial charge in [-0.3, -0.25) is 19.6 Å². The maximum atomic E-state index is 13.0. The fraction of sp³-hybridized carbons (Fsp3) is 0.444. The molecule has 3 rings (SSSR count). The smallest absolute Gasteiger partial charge is 0.263 e. The molecule has 0 saturated carbocycles. The van der Waals surface area contributed by atoms with E-state index in [1.54, 1.807) is 30.5 Å². The van der Waals surface area contributed by atoms with Crippen LogP contribution in [-0.4, -0.2) is 38.4 Å². The summed E-state index contributed by atoms with van der Waals surface area (Å²) < 4.78 is 1.53. The summed E-state index contributed by atoms with van der Waals surface area (Å²) in [7, 11) is 1.70. The zero-order valence-corrected chi connectivity index (χ0v) is 14.3. The van der Waals surface area contributed by atoms with Crippen LogP contribution in [0, 0.1) is 13.8 Å². The van der Waals surface area contributed by atoms with Gasteiger partial charge in [0.05, 0.1) is 5.69 Å². The molecule has 1 aliphatic heterocycles. The lowest BCUT2D eigenvalue weighted by atomic mass is 9.94. The third-order valence-electron chi connectivity index (χ3n) is 4.79. The van der Waals surface area contributed by atoms with Gasteiger partial charge in [-0.2, -0.15) is 0 Å². The summed E-state index contributed by atoms with van der Waals surface area (Å²) in [6.45, 7) is 4.94. The minimum atomic E-state index is -0.223. The van der Waals surface area contributed by atoms with Gasteiger partial charge < -0.3 is 9.47 Å². The molecule has 2 aromatic rings. The molecular weight excluding hydrogens is 304 g/mol. The summed E-state index contributed by atoms with van der Waals surface area (Å²) in [5.41, 5.74) is 2.55. The highest BCUT2D eigenvalue weighted by Crippen LogP contribution is 2.26. The highest BCUT2D eigenvalue weighted by Gasteiger charge is 2.28. The van der Waals surface area contributed by atoms with Gasteiger partial charge in [-0.1, -0.05) is 0 Å². The first-order chi connectivity index (χ1) is 11.5. The van der Waals surface area contributed by atoms with Gasteiger partial charge in [-0.15, -0.1) is 0 Å². The second-order valence-electron chi connectivity index (χ2n) is 6.43. The van der Waals surface area contributed by atoms with Crippen LogP contribution in [0.4, 0.5) is 0 Å². The highest BCUT2D eigenvalue weighted by atomic mass is 16.2. The zero-order valence-electron chi connectivity index (χ0n) is 14.3. The second-order valence-corrected chi connectivity index (χ2v) is 6.43. The first-order valence-electron chi connectivity index (χ1n) is 8.21. The van der Waals surface area contributed by atoms with Crippen LogP contribution >= 0.6 is 0 Å². The second kappa shape index (κ2) is 6.55. The number of carbonyl (C=O) groups is 1. The number of piperidine rings is 1. The van der Waals surface area contributed by atoms with E-state index in [0.717, 1.165) is 29.8 Å². The summed E-state index contributed by atoms with van der Waals surface area (Å²) in [5, 5.41) is 0. The maximum Gasteiger partial charge on any atom is 0.263 e. The van der Waals surface area contributed by atoms with Crippen LogP contribution in [0.15, 0.2) is 29.5 Å². The minimum absolute atomic E-state index is 0.172. The number of nitrogens with zero attached hydrogens (tertiary/aromatic N) is 4.